The van der Waals surface area contributed by atoms with Gasteiger partial charge < -0.3 is 16.4 Å². The normalized spacial score (nSPS) is 20.9. The first-order valence-corrected chi connectivity index (χ1v) is 4.30. The average Bonchev–Trinajstić information content (AvgIpc) is 2.03. The Bertz CT molecular complexity index is 256. The molecule has 1 aliphatic rings. The zero-order valence-electron chi connectivity index (χ0n) is 7.87. The summed E-state index contributed by atoms with van der Waals surface area (Å²) in [6, 6.07) is 0.131. The number of allylic oxidation sites excluding steroid dienone is 2. The average molecular weight is 181 g/mol. The maximum Gasteiger partial charge on any atom is 0.250 e. The summed E-state index contributed by atoms with van der Waals surface area (Å²) in [5, 5.41) is 5.64. The smallest absolute Gasteiger partial charge is 0.250 e. The highest BCUT2D eigenvalue weighted by molar-refractivity contribution is 5.95. The zero-order valence-corrected chi connectivity index (χ0v) is 7.87. The fraction of sp³-hybridized carbons (Fsp3) is 0.444. The van der Waals surface area contributed by atoms with Gasteiger partial charge in [0.25, 0.3) is 5.91 Å². The summed E-state index contributed by atoms with van der Waals surface area (Å²) in [5.74, 6) is -0.112. The van der Waals surface area contributed by atoms with E-state index in [4.69, 9.17) is 5.73 Å². The fourth-order valence-electron chi connectivity index (χ4n) is 1.07. The molecule has 1 amide bonds. The van der Waals surface area contributed by atoms with Crippen molar-refractivity contribution in [2.75, 3.05) is 0 Å². The van der Waals surface area contributed by atoms with E-state index in [0.29, 0.717) is 5.57 Å². The number of carbonyl (C=O) groups excluding carboxylic acids is 1. The van der Waals surface area contributed by atoms with Gasteiger partial charge in [0.2, 0.25) is 0 Å². The van der Waals surface area contributed by atoms with Crippen molar-refractivity contribution in [3.63, 3.8) is 0 Å². The molecule has 0 fully saturated rings. The molecular weight excluding hydrogens is 166 g/mol. The van der Waals surface area contributed by atoms with E-state index >= 15 is 0 Å². The minimum atomic E-state index is -0.399. The molecule has 13 heavy (non-hydrogen) atoms. The zero-order chi connectivity index (χ0) is 9.84. The van der Waals surface area contributed by atoms with Gasteiger partial charge in [-0.15, -0.1) is 0 Å². The number of amides is 1. The van der Waals surface area contributed by atoms with E-state index in [0.717, 1.165) is 0 Å². The molecule has 1 heterocycles. The lowest BCUT2D eigenvalue weighted by atomic mass is 10.1. The molecule has 72 valence electrons. The Balaban J connectivity index is 2.64. The van der Waals surface area contributed by atoms with E-state index in [9.17, 15) is 4.79 Å². The van der Waals surface area contributed by atoms with E-state index in [2.05, 4.69) is 10.6 Å². The third kappa shape index (κ3) is 2.59. The Morgan fingerprint density at radius 2 is 2.38 bits per heavy atom. The highest BCUT2D eigenvalue weighted by Gasteiger charge is 2.17. The summed E-state index contributed by atoms with van der Waals surface area (Å²) in [6.07, 6.45) is 4.80. The predicted octanol–water partition coefficient (Wildman–Crippen LogP) is -0.161. The number of hydrogen-bond acceptors (Lipinski definition) is 3. The Morgan fingerprint density at radius 1 is 1.69 bits per heavy atom. The Kier molecular flexibility index (Phi) is 3.08. The molecule has 0 radical (unpaired) electrons. The molecular formula is C9H15N3O. The monoisotopic (exact) mass is 181 g/mol. The Labute approximate surface area is 77.9 Å². The minimum Gasteiger partial charge on any atom is -0.372 e. The molecule has 0 aromatic rings. The summed E-state index contributed by atoms with van der Waals surface area (Å²) in [6.45, 7) is 3.83. The summed E-state index contributed by atoms with van der Waals surface area (Å²) < 4.78 is 0. The van der Waals surface area contributed by atoms with Gasteiger partial charge >= 0.3 is 0 Å². The van der Waals surface area contributed by atoms with Crippen molar-refractivity contribution in [1.82, 2.24) is 10.6 Å². The van der Waals surface area contributed by atoms with E-state index in [-0.39, 0.29) is 11.9 Å². The molecule has 4 heteroatoms. The van der Waals surface area contributed by atoms with Gasteiger partial charge in [-0.05, 0) is 32.2 Å². The van der Waals surface area contributed by atoms with Crippen LogP contribution < -0.4 is 16.4 Å². The second-order valence-corrected chi connectivity index (χ2v) is 3.25. The van der Waals surface area contributed by atoms with Crippen LogP contribution in [0.2, 0.25) is 0 Å². The van der Waals surface area contributed by atoms with Crippen molar-refractivity contribution in [3.05, 3.63) is 23.9 Å². The molecule has 0 aromatic heterocycles. The fourth-order valence-corrected chi connectivity index (χ4v) is 1.07. The summed E-state index contributed by atoms with van der Waals surface area (Å²) in [5.41, 5.74) is 6.23. The van der Waals surface area contributed by atoms with Crippen LogP contribution in [0.3, 0.4) is 0 Å². The van der Waals surface area contributed by atoms with Gasteiger partial charge in [-0.25, -0.2) is 0 Å². The number of carbonyl (C=O) groups is 1. The van der Waals surface area contributed by atoms with E-state index in [1.807, 2.05) is 13.8 Å². The van der Waals surface area contributed by atoms with Crippen LogP contribution in [-0.4, -0.2) is 18.1 Å². The van der Waals surface area contributed by atoms with Crippen LogP contribution in [0.15, 0.2) is 23.9 Å². The van der Waals surface area contributed by atoms with Crippen LogP contribution in [0.5, 0.6) is 0 Å². The molecule has 0 saturated carbocycles. The number of hydrogen-bond donors (Lipinski definition) is 3. The highest BCUT2D eigenvalue weighted by atomic mass is 16.1. The van der Waals surface area contributed by atoms with Crippen LogP contribution >= 0.6 is 0 Å². The van der Waals surface area contributed by atoms with Crippen LogP contribution in [-0.2, 0) is 4.79 Å². The van der Waals surface area contributed by atoms with Gasteiger partial charge in [0, 0.05) is 6.04 Å². The lowest BCUT2D eigenvalue weighted by Gasteiger charge is -2.19. The molecule has 0 spiro atoms. The van der Waals surface area contributed by atoms with Crippen molar-refractivity contribution < 1.29 is 4.79 Å². The minimum absolute atomic E-state index is 0.112. The molecule has 0 bridgehead atoms. The van der Waals surface area contributed by atoms with E-state index < -0.39 is 6.17 Å². The predicted molar refractivity (Wildman–Crippen MR) is 51.6 cm³/mol. The molecule has 4 N–H and O–H groups in total. The Morgan fingerprint density at radius 3 is 2.92 bits per heavy atom. The highest BCUT2D eigenvalue weighted by Crippen LogP contribution is 2.03. The molecule has 0 aliphatic carbocycles. The maximum absolute atomic E-state index is 11.5. The largest absolute Gasteiger partial charge is 0.372 e. The molecule has 4 nitrogen and oxygen atoms in total. The van der Waals surface area contributed by atoms with Gasteiger partial charge in [-0.3, -0.25) is 4.79 Å². The molecule has 1 unspecified atom stereocenters. The summed E-state index contributed by atoms with van der Waals surface area (Å²) in [7, 11) is 0. The van der Waals surface area contributed by atoms with Crippen molar-refractivity contribution >= 4 is 5.91 Å². The van der Waals surface area contributed by atoms with Crippen LogP contribution in [0, 0.1) is 0 Å². The van der Waals surface area contributed by atoms with Crippen molar-refractivity contribution in [3.8, 4) is 0 Å². The van der Waals surface area contributed by atoms with Crippen LogP contribution in [0.25, 0.3) is 0 Å². The van der Waals surface area contributed by atoms with E-state index in [1.165, 1.54) is 0 Å². The Hall–Kier alpha value is -1.29. The molecule has 1 atom stereocenters. The quantitative estimate of drug-likeness (QED) is 0.554. The first kappa shape index (κ1) is 9.80. The van der Waals surface area contributed by atoms with Gasteiger partial charge in [-0.1, -0.05) is 0 Å². The van der Waals surface area contributed by atoms with Crippen LogP contribution in [0.4, 0.5) is 0 Å². The first-order valence-electron chi connectivity index (χ1n) is 4.30. The number of nitrogens with two attached hydrogens (primary N) is 1. The number of nitrogens with one attached hydrogen (secondary N) is 2. The maximum atomic E-state index is 11.5. The topological polar surface area (TPSA) is 67.2 Å². The lowest BCUT2D eigenvalue weighted by Crippen LogP contribution is -2.44. The standard InChI is InChI=1S/C9H15N3O/c1-6(2)12-9(13)7-4-3-5-11-8(7)10/h3-6,8,11H,10H2,1-2H3,(H,12,13). The number of rotatable bonds is 2. The van der Waals surface area contributed by atoms with E-state index in [1.54, 1.807) is 18.4 Å². The SMILES string of the molecule is CC(C)NC(=O)C1=CC=CNC1N. The molecule has 0 saturated heterocycles. The molecule has 0 aromatic carbocycles. The number of dihydropyridines is 1. The second-order valence-electron chi connectivity index (χ2n) is 3.25. The van der Waals surface area contributed by atoms with Crippen molar-refractivity contribution in [2.24, 2.45) is 5.73 Å². The third-order valence-electron chi connectivity index (χ3n) is 1.66. The molecule has 1 rings (SSSR count). The van der Waals surface area contributed by atoms with Crippen molar-refractivity contribution in [1.29, 1.82) is 0 Å². The second kappa shape index (κ2) is 4.09. The first-order chi connectivity index (χ1) is 6.11. The van der Waals surface area contributed by atoms with Crippen LogP contribution in [0.1, 0.15) is 13.8 Å². The summed E-state index contributed by atoms with van der Waals surface area (Å²) >= 11 is 0. The third-order valence-corrected chi connectivity index (χ3v) is 1.66. The summed E-state index contributed by atoms with van der Waals surface area (Å²) in [4.78, 5) is 11.5. The van der Waals surface area contributed by atoms with Crippen molar-refractivity contribution in [2.45, 2.75) is 26.1 Å². The van der Waals surface area contributed by atoms with Gasteiger partial charge in [0.1, 0.15) is 6.17 Å². The lowest BCUT2D eigenvalue weighted by molar-refractivity contribution is -0.118. The van der Waals surface area contributed by atoms with Gasteiger partial charge in [0.15, 0.2) is 0 Å². The molecule has 1 aliphatic heterocycles. The van der Waals surface area contributed by atoms with Gasteiger partial charge in [0.05, 0.1) is 5.57 Å². The van der Waals surface area contributed by atoms with Gasteiger partial charge in [-0.2, -0.15) is 0 Å².